The van der Waals surface area contributed by atoms with Gasteiger partial charge in [-0.25, -0.2) is 9.37 Å². The summed E-state index contributed by atoms with van der Waals surface area (Å²) in [6.45, 7) is 2.00. The van der Waals surface area contributed by atoms with Crippen LogP contribution in [0.3, 0.4) is 0 Å². The van der Waals surface area contributed by atoms with E-state index in [1.54, 1.807) is 12.3 Å². The molecule has 104 valence electrons. The van der Waals surface area contributed by atoms with Gasteiger partial charge in [-0.2, -0.15) is 0 Å². The molecule has 2 aromatic heterocycles. The quantitative estimate of drug-likeness (QED) is 0.676. The van der Waals surface area contributed by atoms with E-state index in [0.717, 1.165) is 17.1 Å². The normalized spacial score (nSPS) is 12.9. The lowest BCUT2D eigenvalue weighted by Gasteiger charge is -2.15. The van der Waals surface area contributed by atoms with Gasteiger partial charge >= 0.3 is 0 Å². The Hall–Kier alpha value is -1.81. The van der Waals surface area contributed by atoms with E-state index in [9.17, 15) is 4.39 Å². The van der Waals surface area contributed by atoms with Crippen LogP contribution in [0, 0.1) is 5.82 Å². The summed E-state index contributed by atoms with van der Waals surface area (Å²) in [6, 6.07) is 8.65. The molecule has 0 N–H and O–H groups in total. The Labute approximate surface area is 121 Å². The first-order valence-corrected chi connectivity index (χ1v) is 7.00. The number of nitrogens with zero attached hydrogens (tertiary/aromatic N) is 2. The largest absolute Gasteiger partial charge is 0.467 e. The van der Waals surface area contributed by atoms with E-state index in [0.29, 0.717) is 17.8 Å². The Kier molecular flexibility index (Phi) is 3.49. The Morgan fingerprint density at radius 2 is 2.20 bits per heavy atom. The van der Waals surface area contributed by atoms with Crippen molar-refractivity contribution < 1.29 is 8.81 Å². The number of imidazole rings is 1. The number of alkyl halides is 1. The van der Waals surface area contributed by atoms with Gasteiger partial charge in [-0.3, -0.25) is 0 Å². The first-order valence-electron chi connectivity index (χ1n) is 6.47. The molecule has 0 spiro atoms. The molecule has 3 nitrogen and oxygen atoms in total. The van der Waals surface area contributed by atoms with Crippen LogP contribution in [0.15, 0.2) is 41.0 Å². The van der Waals surface area contributed by atoms with E-state index in [4.69, 9.17) is 16.0 Å². The third kappa shape index (κ3) is 2.10. The molecule has 1 unspecified atom stereocenters. The van der Waals surface area contributed by atoms with Crippen LogP contribution in [0.4, 0.5) is 4.39 Å². The molecule has 1 atom stereocenters. The van der Waals surface area contributed by atoms with Crippen LogP contribution in [-0.4, -0.2) is 15.4 Å². The Morgan fingerprint density at radius 1 is 1.35 bits per heavy atom. The molecule has 20 heavy (non-hydrogen) atoms. The maximum absolute atomic E-state index is 13.9. The molecule has 0 amide bonds. The zero-order valence-corrected chi connectivity index (χ0v) is 11.8. The fourth-order valence-electron chi connectivity index (χ4n) is 2.48. The number of rotatable bonds is 4. The van der Waals surface area contributed by atoms with Crippen LogP contribution in [0.2, 0.25) is 0 Å². The molecule has 0 aliphatic carbocycles. The van der Waals surface area contributed by atoms with Gasteiger partial charge in [0.05, 0.1) is 17.8 Å². The summed E-state index contributed by atoms with van der Waals surface area (Å²) in [5.74, 6) is 1.70. The van der Waals surface area contributed by atoms with Gasteiger partial charge in [-0.15, -0.1) is 11.6 Å². The highest BCUT2D eigenvalue weighted by Crippen LogP contribution is 2.27. The van der Waals surface area contributed by atoms with E-state index >= 15 is 0 Å². The maximum Gasteiger partial charge on any atom is 0.151 e. The first-order chi connectivity index (χ1) is 9.72. The van der Waals surface area contributed by atoms with Gasteiger partial charge < -0.3 is 8.98 Å². The molecule has 0 bridgehead atoms. The summed E-state index contributed by atoms with van der Waals surface area (Å²) in [5.41, 5.74) is 1.14. The zero-order chi connectivity index (χ0) is 14.1. The lowest BCUT2D eigenvalue weighted by Crippen LogP contribution is -2.10. The second kappa shape index (κ2) is 5.29. The predicted molar refractivity (Wildman–Crippen MR) is 76.6 cm³/mol. The number of aromatic nitrogens is 2. The lowest BCUT2D eigenvalue weighted by atomic mass is 10.2. The van der Waals surface area contributed by atoms with Crippen molar-refractivity contribution in [3.8, 4) is 0 Å². The molecule has 5 heteroatoms. The topological polar surface area (TPSA) is 31.0 Å². The summed E-state index contributed by atoms with van der Waals surface area (Å²) >= 11 is 5.83. The standard InChI is InChI=1S/C15H14ClFN2O/c1-10(13-6-3-9-20-13)19-12-5-2-4-11(17)15(12)18-14(19)7-8-16/h2-6,9-10H,7-8H2,1H3. The summed E-state index contributed by atoms with van der Waals surface area (Å²) in [4.78, 5) is 4.39. The summed E-state index contributed by atoms with van der Waals surface area (Å²) in [7, 11) is 0. The van der Waals surface area contributed by atoms with Crippen molar-refractivity contribution in [3.05, 3.63) is 54.0 Å². The summed E-state index contributed by atoms with van der Waals surface area (Å²) in [6.07, 6.45) is 2.22. The Balaban J connectivity index is 2.21. The maximum atomic E-state index is 13.9. The molecule has 0 saturated carbocycles. The third-order valence-corrected chi connectivity index (χ3v) is 3.59. The van der Waals surface area contributed by atoms with Gasteiger partial charge in [-0.1, -0.05) is 6.07 Å². The van der Waals surface area contributed by atoms with Gasteiger partial charge in [0.15, 0.2) is 5.82 Å². The van der Waals surface area contributed by atoms with Gasteiger partial charge in [0.2, 0.25) is 0 Å². The fraction of sp³-hybridized carbons (Fsp3) is 0.267. The number of benzene rings is 1. The van der Waals surface area contributed by atoms with Crippen LogP contribution in [0.25, 0.3) is 11.0 Å². The van der Waals surface area contributed by atoms with Crippen molar-refractivity contribution in [1.82, 2.24) is 9.55 Å². The minimum Gasteiger partial charge on any atom is -0.467 e. The Bertz CT molecular complexity index is 721. The number of fused-ring (bicyclic) bond motifs is 1. The minimum absolute atomic E-state index is 0.0602. The average Bonchev–Trinajstić information content (AvgIpc) is 3.06. The predicted octanol–water partition coefficient (Wildman–Crippen LogP) is 4.16. The van der Waals surface area contributed by atoms with Crippen molar-refractivity contribution >= 4 is 22.6 Å². The molecule has 3 aromatic rings. The zero-order valence-electron chi connectivity index (χ0n) is 11.0. The van der Waals surface area contributed by atoms with Crippen LogP contribution >= 0.6 is 11.6 Å². The summed E-state index contributed by atoms with van der Waals surface area (Å²) < 4.78 is 21.3. The highest BCUT2D eigenvalue weighted by Gasteiger charge is 2.20. The van der Waals surface area contributed by atoms with Crippen LogP contribution in [0.5, 0.6) is 0 Å². The number of hydrogen-bond donors (Lipinski definition) is 0. The fourth-order valence-corrected chi connectivity index (χ4v) is 2.65. The molecular weight excluding hydrogens is 279 g/mol. The molecule has 0 fully saturated rings. The van der Waals surface area contributed by atoms with Crippen molar-refractivity contribution in [3.63, 3.8) is 0 Å². The number of aryl methyl sites for hydroxylation is 1. The second-order valence-corrected chi connectivity index (χ2v) is 5.01. The van der Waals surface area contributed by atoms with Gasteiger partial charge in [0.1, 0.15) is 17.1 Å². The molecule has 0 aliphatic rings. The van der Waals surface area contributed by atoms with Crippen LogP contribution in [0.1, 0.15) is 24.6 Å². The number of para-hydroxylation sites is 1. The number of furan rings is 1. The van der Waals surface area contributed by atoms with Crippen molar-refractivity contribution in [2.45, 2.75) is 19.4 Å². The number of halogens is 2. The van der Waals surface area contributed by atoms with Gasteiger partial charge in [-0.05, 0) is 31.2 Å². The van der Waals surface area contributed by atoms with Crippen molar-refractivity contribution in [2.24, 2.45) is 0 Å². The first kappa shape index (κ1) is 13.2. The van der Waals surface area contributed by atoms with Crippen molar-refractivity contribution in [1.29, 1.82) is 0 Å². The van der Waals surface area contributed by atoms with E-state index in [1.807, 2.05) is 29.7 Å². The monoisotopic (exact) mass is 292 g/mol. The molecule has 1 aromatic carbocycles. The molecule has 2 heterocycles. The summed E-state index contributed by atoms with van der Waals surface area (Å²) in [5, 5.41) is 0. The second-order valence-electron chi connectivity index (χ2n) is 4.64. The van der Waals surface area contributed by atoms with E-state index in [1.165, 1.54) is 6.07 Å². The SMILES string of the molecule is CC(c1ccco1)n1c(CCCl)nc2c(F)cccc21. The number of hydrogen-bond acceptors (Lipinski definition) is 2. The molecular formula is C15H14ClFN2O. The molecule has 0 aliphatic heterocycles. The van der Waals surface area contributed by atoms with E-state index in [2.05, 4.69) is 4.98 Å². The average molecular weight is 293 g/mol. The minimum atomic E-state index is -0.316. The highest BCUT2D eigenvalue weighted by molar-refractivity contribution is 6.17. The van der Waals surface area contributed by atoms with Gasteiger partial charge in [0.25, 0.3) is 0 Å². The third-order valence-electron chi connectivity index (χ3n) is 3.40. The van der Waals surface area contributed by atoms with E-state index < -0.39 is 0 Å². The molecule has 3 rings (SSSR count). The van der Waals surface area contributed by atoms with E-state index in [-0.39, 0.29) is 11.9 Å². The van der Waals surface area contributed by atoms with Crippen LogP contribution in [-0.2, 0) is 6.42 Å². The lowest BCUT2D eigenvalue weighted by molar-refractivity contribution is 0.445. The molecule has 0 radical (unpaired) electrons. The molecule has 0 saturated heterocycles. The van der Waals surface area contributed by atoms with Crippen LogP contribution < -0.4 is 0 Å². The smallest absolute Gasteiger partial charge is 0.151 e. The highest BCUT2D eigenvalue weighted by atomic mass is 35.5. The van der Waals surface area contributed by atoms with Gasteiger partial charge in [0, 0.05) is 12.3 Å². The van der Waals surface area contributed by atoms with Crippen molar-refractivity contribution in [2.75, 3.05) is 5.88 Å². The Morgan fingerprint density at radius 3 is 2.90 bits per heavy atom.